The van der Waals surface area contributed by atoms with Gasteiger partial charge in [0.2, 0.25) is 0 Å². The second-order valence-corrected chi connectivity index (χ2v) is 8.89. The molecule has 0 aromatic heterocycles. The topological polar surface area (TPSA) is 9.23 Å². The van der Waals surface area contributed by atoms with E-state index in [1.165, 1.54) is 120 Å². The molecule has 1 heteroatoms. The second kappa shape index (κ2) is 19.0. The van der Waals surface area contributed by atoms with Crippen molar-refractivity contribution in [3.8, 4) is 5.75 Å². The van der Waals surface area contributed by atoms with Crippen LogP contribution in [-0.2, 0) is 12.8 Å². The van der Waals surface area contributed by atoms with Crippen LogP contribution in [0.2, 0.25) is 0 Å². The van der Waals surface area contributed by atoms with Gasteiger partial charge in [-0.15, -0.1) is 0 Å². The Morgan fingerprint density at radius 2 is 1.07 bits per heavy atom. The van der Waals surface area contributed by atoms with E-state index >= 15 is 0 Å². The van der Waals surface area contributed by atoms with Gasteiger partial charge in [0.1, 0.15) is 5.75 Å². The summed E-state index contributed by atoms with van der Waals surface area (Å²) in [4.78, 5) is 0. The third-order valence-corrected chi connectivity index (χ3v) is 6.00. The minimum Gasteiger partial charge on any atom is -0.493 e. The van der Waals surface area contributed by atoms with Crippen molar-refractivity contribution >= 4 is 0 Å². The highest BCUT2D eigenvalue weighted by molar-refractivity contribution is 5.37. The molecule has 1 aromatic rings. The number of unbranched alkanes of at least 4 members (excludes halogenated alkanes) is 13. The molecule has 29 heavy (non-hydrogen) atoms. The maximum absolute atomic E-state index is 6.12. The fourth-order valence-electron chi connectivity index (χ4n) is 4.01. The Balaban J connectivity index is 2.42. The Morgan fingerprint density at radius 1 is 0.552 bits per heavy atom. The summed E-state index contributed by atoms with van der Waals surface area (Å²) in [7, 11) is 0. The van der Waals surface area contributed by atoms with Crippen LogP contribution >= 0.6 is 0 Å². The van der Waals surface area contributed by atoms with Crippen molar-refractivity contribution in [2.75, 3.05) is 6.61 Å². The van der Waals surface area contributed by atoms with Crippen molar-refractivity contribution < 1.29 is 4.74 Å². The van der Waals surface area contributed by atoms with Crippen molar-refractivity contribution in [1.29, 1.82) is 0 Å². The molecule has 1 nitrogen and oxygen atoms in total. The van der Waals surface area contributed by atoms with Crippen molar-refractivity contribution in [1.82, 2.24) is 0 Å². The summed E-state index contributed by atoms with van der Waals surface area (Å²) < 4.78 is 6.12. The van der Waals surface area contributed by atoms with Gasteiger partial charge in [0.15, 0.2) is 0 Å². The Labute approximate surface area is 183 Å². The quantitative estimate of drug-likeness (QED) is 0.197. The van der Waals surface area contributed by atoms with Gasteiger partial charge < -0.3 is 4.74 Å². The van der Waals surface area contributed by atoms with E-state index in [1.807, 2.05) is 0 Å². The number of rotatable bonds is 20. The summed E-state index contributed by atoms with van der Waals surface area (Å²) in [5.74, 6) is 1.15. The van der Waals surface area contributed by atoms with Crippen LogP contribution in [0.5, 0.6) is 5.75 Å². The van der Waals surface area contributed by atoms with Crippen LogP contribution in [0.1, 0.15) is 135 Å². The summed E-state index contributed by atoms with van der Waals surface area (Å²) in [6, 6.07) is 7.02. The van der Waals surface area contributed by atoms with Crippen LogP contribution in [-0.4, -0.2) is 6.61 Å². The SMILES string of the molecule is CCCCCCCCCc1ccc(OCCCC)c(CCCCCCCCC)c1. The van der Waals surface area contributed by atoms with Crippen molar-refractivity contribution in [3.63, 3.8) is 0 Å². The maximum Gasteiger partial charge on any atom is 0.122 e. The molecule has 0 heterocycles. The molecule has 0 N–H and O–H groups in total. The van der Waals surface area contributed by atoms with Gasteiger partial charge in [0, 0.05) is 0 Å². The molecule has 168 valence electrons. The number of aryl methyl sites for hydroxylation is 2. The van der Waals surface area contributed by atoms with E-state index < -0.39 is 0 Å². The van der Waals surface area contributed by atoms with E-state index in [2.05, 4.69) is 39.0 Å². The highest BCUT2D eigenvalue weighted by atomic mass is 16.5. The maximum atomic E-state index is 6.12. The van der Waals surface area contributed by atoms with E-state index in [1.54, 1.807) is 0 Å². The van der Waals surface area contributed by atoms with E-state index in [4.69, 9.17) is 4.74 Å². The van der Waals surface area contributed by atoms with Gasteiger partial charge in [-0.2, -0.15) is 0 Å². The lowest BCUT2D eigenvalue weighted by molar-refractivity contribution is 0.306. The molecule has 0 atom stereocenters. The van der Waals surface area contributed by atoms with E-state index in [-0.39, 0.29) is 0 Å². The first-order valence-corrected chi connectivity index (χ1v) is 13.1. The Bertz CT molecular complexity index is 479. The fourth-order valence-corrected chi connectivity index (χ4v) is 4.01. The normalized spacial score (nSPS) is 11.1. The number of hydrogen-bond donors (Lipinski definition) is 0. The van der Waals surface area contributed by atoms with Gasteiger partial charge in [0.25, 0.3) is 0 Å². The molecular weight excluding hydrogens is 352 g/mol. The van der Waals surface area contributed by atoms with Crippen LogP contribution in [0.25, 0.3) is 0 Å². The van der Waals surface area contributed by atoms with Crippen molar-refractivity contribution in [2.24, 2.45) is 0 Å². The third kappa shape index (κ3) is 13.8. The van der Waals surface area contributed by atoms with Gasteiger partial charge in [-0.25, -0.2) is 0 Å². The van der Waals surface area contributed by atoms with E-state index in [9.17, 15) is 0 Å². The minimum atomic E-state index is 0.859. The standard InChI is InChI=1S/C28H50O/c1-4-7-10-12-14-16-18-20-26-22-23-28(29-24-9-6-3)27(25-26)21-19-17-15-13-11-8-5-2/h22-23,25H,4-21,24H2,1-3H3. The monoisotopic (exact) mass is 402 g/mol. The van der Waals surface area contributed by atoms with Gasteiger partial charge in [-0.1, -0.05) is 116 Å². The molecule has 0 saturated heterocycles. The molecule has 0 saturated carbocycles. The number of benzene rings is 1. The molecule has 0 unspecified atom stereocenters. The third-order valence-electron chi connectivity index (χ3n) is 6.00. The summed E-state index contributed by atoms with van der Waals surface area (Å²) in [5, 5.41) is 0. The van der Waals surface area contributed by atoms with Crippen LogP contribution in [0.4, 0.5) is 0 Å². The molecule has 1 aromatic carbocycles. The molecular formula is C28H50O. The zero-order valence-corrected chi connectivity index (χ0v) is 20.1. The predicted molar refractivity (Wildman–Crippen MR) is 130 cm³/mol. The average Bonchev–Trinajstić information content (AvgIpc) is 2.74. The summed E-state index contributed by atoms with van der Waals surface area (Å²) in [6.45, 7) is 7.67. The molecule has 0 fully saturated rings. The minimum absolute atomic E-state index is 0.859. The molecule has 0 radical (unpaired) electrons. The van der Waals surface area contributed by atoms with Crippen LogP contribution < -0.4 is 4.74 Å². The second-order valence-electron chi connectivity index (χ2n) is 8.89. The van der Waals surface area contributed by atoms with E-state index in [0.29, 0.717) is 0 Å². The van der Waals surface area contributed by atoms with Crippen LogP contribution in [0.15, 0.2) is 18.2 Å². The highest BCUT2D eigenvalue weighted by Crippen LogP contribution is 2.24. The molecule has 0 aliphatic carbocycles. The predicted octanol–water partition coefficient (Wildman–Crippen LogP) is 9.45. The zero-order valence-electron chi connectivity index (χ0n) is 20.1. The first-order valence-electron chi connectivity index (χ1n) is 13.1. The summed E-state index contributed by atoms with van der Waals surface area (Å²) >= 11 is 0. The number of ether oxygens (including phenoxy) is 1. The highest BCUT2D eigenvalue weighted by Gasteiger charge is 2.06. The van der Waals surface area contributed by atoms with Crippen LogP contribution in [0.3, 0.4) is 0 Å². The number of hydrogen-bond acceptors (Lipinski definition) is 1. The van der Waals surface area contributed by atoms with Gasteiger partial charge >= 0.3 is 0 Å². The Hall–Kier alpha value is -0.980. The fraction of sp³-hybridized carbons (Fsp3) is 0.786. The first-order chi connectivity index (χ1) is 14.3. The molecule has 0 aliphatic rings. The zero-order chi connectivity index (χ0) is 21.0. The molecule has 1 rings (SSSR count). The lowest BCUT2D eigenvalue weighted by Crippen LogP contribution is -2.01. The van der Waals surface area contributed by atoms with E-state index in [0.717, 1.165) is 18.8 Å². The van der Waals surface area contributed by atoms with Crippen molar-refractivity contribution in [2.45, 2.75) is 136 Å². The smallest absolute Gasteiger partial charge is 0.122 e. The molecule has 0 aliphatic heterocycles. The molecule has 0 bridgehead atoms. The van der Waals surface area contributed by atoms with Gasteiger partial charge in [-0.05, 0) is 49.3 Å². The summed E-state index contributed by atoms with van der Waals surface area (Å²) in [6.07, 6.45) is 24.1. The van der Waals surface area contributed by atoms with Crippen LogP contribution in [0, 0.1) is 0 Å². The Morgan fingerprint density at radius 3 is 1.66 bits per heavy atom. The van der Waals surface area contributed by atoms with Crippen molar-refractivity contribution in [3.05, 3.63) is 29.3 Å². The molecule has 0 amide bonds. The molecule has 0 spiro atoms. The largest absolute Gasteiger partial charge is 0.493 e. The summed E-state index contributed by atoms with van der Waals surface area (Å²) in [5.41, 5.74) is 2.97. The Kier molecular flexibility index (Phi) is 17.1. The first kappa shape index (κ1) is 26.1. The van der Waals surface area contributed by atoms with Gasteiger partial charge in [-0.3, -0.25) is 0 Å². The lowest BCUT2D eigenvalue weighted by atomic mass is 9.99. The lowest BCUT2D eigenvalue weighted by Gasteiger charge is -2.13. The average molecular weight is 403 g/mol. The van der Waals surface area contributed by atoms with Gasteiger partial charge in [0.05, 0.1) is 6.61 Å².